The highest BCUT2D eigenvalue weighted by molar-refractivity contribution is 14.0. The van der Waals surface area contributed by atoms with Gasteiger partial charge >= 0.3 is 0 Å². The molecule has 0 bridgehead atoms. The van der Waals surface area contributed by atoms with Crippen LogP contribution in [-0.4, -0.2) is 58.8 Å². The van der Waals surface area contributed by atoms with Gasteiger partial charge in [-0.1, -0.05) is 24.3 Å². The summed E-state index contributed by atoms with van der Waals surface area (Å²) in [5, 5.41) is 6.87. The third-order valence-corrected chi connectivity index (χ3v) is 5.25. The summed E-state index contributed by atoms with van der Waals surface area (Å²) in [6, 6.07) is 14.9. The van der Waals surface area contributed by atoms with Crippen LogP contribution in [0.5, 0.6) is 11.5 Å². The van der Waals surface area contributed by atoms with Crippen LogP contribution in [0.15, 0.2) is 47.5 Å². The molecule has 2 aromatic carbocycles. The maximum Gasteiger partial charge on any atom is 0.191 e. The van der Waals surface area contributed by atoms with E-state index in [1.54, 1.807) is 14.2 Å². The van der Waals surface area contributed by atoms with E-state index in [0.717, 1.165) is 50.0 Å². The second-order valence-electron chi connectivity index (χ2n) is 7.43. The molecule has 0 saturated heterocycles. The maximum atomic E-state index is 5.58. The quantitative estimate of drug-likeness (QED) is 0.316. The molecule has 2 aromatic rings. The molecule has 1 aliphatic rings. The van der Waals surface area contributed by atoms with Crippen molar-refractivity contribution in [3.63, 3.8) is 0 Å². The van der Waals surface area contributed by atoms with Gasteiger partial charge in [0.15, 0.2) is 5.96 Å². The fraction of sp³-hybridized carbons (Fsp3) is 0.435. The molecule has 0 radical (unpaired) electrons. The molecule has 2 N–H and O–H groups in total. The highest BCUT2D eigenvalue weighted by atomic mass is 127. The SMILES string of the molecule is CN=C(NCCc1ccc2c(c1)CCO2)NCC(c1cccc(OC)c1)N(C)C.I. The molecule has 0 saturated carbocycles. The number of guanidine groups is 1. The number of nitrogens with zero attached hydrogens (tertiary/aromatic N) is 2. The average molecular weight is 524 g/mol. The first-order chi connectivity index (χ1) is 14.1. The number of rotatable bonds is 8. The lowest BCUT2D eigenvalue weighted by molar-refractivity contribution is 0.297. The van der Waals surface area contributed by atoms with Crippen LogP contribution in [0.2, 0.25) is 0 Å². The first-order valence-corrected chi connectivity index (χ1v) is 10.1. The molecule has 1 aliphatic heterocycles. The van der Waals surface area contributed by atoms with Gasteiger partial charge in [0.1, 0.15) is 11.5 Å². The summed E-state index contributed by atoms with van der Waals surface area (Å²) >= 11 is 0. The fourth-order valence-corrected chi connectivity index (χ4v) is 3.58. The number of hydrogen-bond donors (Lipinski definition) is 2. The molecule has 6 nitrogen and oxygen atoms in total. The van der Waals surface area contributed by atoms with Crippen LogP contribution in [0.25, 0.3) is 0 Å². The van der Waals surface area contributed by atoms with Gasteiger partial charge in [0.05, 0.1) is 19.8 Å². The molecule has 0 fully saturated rings. The lowest BCUT2D eigenvalue weighted by atomic mass is 10.1. The van der Waals surface area contributed by atoms with Gasteiger partial charge in [-0.2, -0.15) is 0 Å². The van der Waals surface area contributed by atoms with Crippen LogP contribution in [-0.2, 0) is 12.8 Å². The number of halogens is 1. The van der Waals surface area contributed by atoms with Gasteiger partial charge in [-0.25, -0.2) is 0 Å². The third kappa shape index (κ3) is 6.50. The Kier molecular flexibility index (Phi) is 9.71. The van der Waals surface area contributed by atoms with E-state index in [-0.39, 0.29) is 30.0 Å². The average Bonchev–Trinajstić information content (AvgIpc) is 3.20. The number of hydrogen-bond acceptors (Lipinski definition) is 4. The van der Waals surface area contributed by atoms with E-state index in [0.29, 0.717) is 0 Å². The Labute approximate surface area is 197 Å². The summed E-state index contributed by atoms with van der Waals surface area (Å²) in [5.41, 5.74) is 3.84. The zero-order valence-electron chi connectivity index (χ0n) is 18.3. The fourth-order valence-electron chi connectivity index (χ4n) is 3.58. The van der Waals surface area contributed by atoms with Crippen LogP contribution in [0.1, 0.15) is 22.7 Å². The van der Waals surface area contributed by atoms with E-state index in [9.17, 15) is 0 Å². The van der Waals surface area contributed by atoms with Crippen molar-refractivity contribution in [2.75, 3.05) is 47.9 Å². The van der Waals surface area contributed by atoms with Crippen LogP contribution in [0.4, 0.5) is 0 Å². The van der Waals surface area contributed by atoms with Crippen LogP contribution >= 0.6 is 24.0 Å². The normalized spacial score (nSPS) is 13.8. The molecule has 0 aliphatic carbocycles. The van der Waals surface area contributed by atoms with E-state index in [4.69, 9.17) is 9.47 Å². The number of fused-ring (bicyclic) bond motifs is 1. The molecular weight excluding hydrogens is 491 g/mol. The number of benzene rings is 2. The summed E-state index contributed by atoms with van der Waals surface area (Å²) in [6.45, 7) is 2.37. The third-order valence-electron chi connectivity index (χ3n) is 5.25. The minimum absolute atomic E-state index is 0. The van der Waals surface area contributed by atoms with Gasteiger partial charge in [0, 0.05) is 26.6 Å². The van der Waals surface area contributed by atoms with Crippen LogP contribution in [0.3, 0.4) is 0 Å². The maximum absolute atomic E-state index is 5.58. The highest BCUT2D eigenvalue weighted by Crippen LogP contribution is 2.26. The van der Waals surface area contributed by atoms with Crippen molar-refractivity contribution in [2.45, 2.75) is 18.9 Å². The summed E-state index contributed by atoms with van der Waals surface area (Å²) in [7, 11) is 7.67. The summed E-state index contributed by atoms with van der Waals surface area (Å²) in [4.78, 5) is 6.56. The van der Waals surface area contributed by atoms with Crippen molar-refractivity contribution in [2.24, 2.45) is 4.99 Å². The molecule has 1 atom stereocenters. The summed E-state index contributed by atoms with van der Waals surface area (Å²) < 4.78 is 11.0. The van der Waals surface area contributed by atoms with Gasteiger partial charge in [0.25, 0.3) is 0 Å². The second-order valence-corrected chi connectivity index (χ2v) is 7.43. The van der Waals surface area contributed by atoms with E-state index in [1.165, 1.54) is 16.7 Å². The molecule has 3 rings (SSSR count). The first-order valence-electron chi connectivity index (χ1n) is 10.1. The summed E-state index contributed by atoms with van der Waals surface area (Å²) in [6.07, 6.45) is 1.96. The minimum Gasteiger partial charge on any atom is -0.497 e. The van der Waals surface area contributed by atoms with Crippen molar-refractivity contribution in [3.05, 3.63) is 59.2 Å². The van der Waals surface area contributed by atoms with Crippen LogP contribution in [0, 0.1) is 0 Å². The van der Waals surface area contributed by atoms with Gasteiger partial charge in [-0.3, -0.25) is 4.99 Å². The molecule has 0 amide bonds. The molecule has 1 heterocycles. The zero-order chi connectivity index (χ0) is 20.6. The van der Waals surface area contributed by atoms with Gasteiger partial charge in [-0.15, -0.1) is 24.0 Å². The highest BCUT2D eigenvalue weighted by Gasteiger charge is 2.16. The Morgan fingerprint density at radius 2 is 2.03 bits per heavy atom. The van der Waals surface area contributed by atoms with E-state index in [2.05, 4.69) is 65.0 Å². The smallest absolute Gasteiger partial charge is 0.191 e. The number of aliphatic imine (C=N–C) groups is 1. The molecule has 0 aromatic heterocycles. The number of nitrogens with one attached hydrogen (secondary N) is 2. The van der Waals surface area contributed by atoms with Crippen LogP contribution < -0.4 is 20.1 Å². The lowest BCUT2D eigenvalue weighted by Crippen LogP contribution is -2.42. The predicted octanol–water partition coefficient (Wildman–Crippen LogP) is 3.26. The second kappa shape index (κ2) is 12.0. The van der Waals surface area contributed by atoms with Crippen molar-refractivity contribution < 1.29 is 9.47 Å². The molecule has 7 heteroatoms. The van der Waals surface area contributed by atoms with Crippen molar-refractivity contribution >= 4 is 29.9 Å². The van der Waals surface area contributed by atoms with Gasteiger partial charge in [-0.05, 0) is 55.4 Å². The van der Waals surface area contributed by atoms with Crippen molar-refractivity contribution in [1.82, 2.24) is 15.5 Å². The minimum atomic E-state index is 0. The molecule has 30 heavy (non-hydrogen) atoms. The summed E-state index contributed by atoms with van der Waals surface area (Å²) in [5.74, 6) is 2.72. The monoisotopic (exact) mass is 524 g/mol. The predicted molar refractivity (Wildman–Crippen MR) is 134 cm³/mol. The number of ether oxygens (including phenoxy) is 2. The molecule has 1 unspecified atom stereocenters. The van der Waals surface area contributed by atoms with Gasteiger partial charge < -0.3 is 25.0 Å². The Hall–Kier alpha value is -2.00. The van der Waals surface area contributed by atoms with E-state index < -0.39 is 0 Å². The van der Waals surface area contributed by atoms with Gasteiger partial charge in [0.2, 0.25) is 0 Å². The first kappa shape index (κ1) is 24.3. The van der Waals surface area contributed by atoms with Crippen molar-refractivity contribution in [3.8, 4) is 11.5 Å². The Morgan fingerprint density at radius 1 is 1.20 bits per heavy atom. The molecule has 164 valence electrons. The number of likely N-dealkylation sites (N-methyl/N-ethyl adjacent to an activating group) is 1. The largest absolute Gasteiger partial charge is 0.497 e. The Morgan fingerprint density at radius 3 is 2.77 bits per heavy atom. The Bertz CT molecular complexity index is 842. The standard InChI is InChI=1S/C23H32N4O2.HI/c1-24-23(25-12-10-17-8-9-22-19(14-17)11-13-29-22)26-16-21(27(2)3)18-6-5-7-20(15-18)28-4;/h5-9,14-15,21H,10-13,16H2,1-4H3,(H2,24,25,26);1H. The lowest BCUT2D eigenvalue weighted by Gasteiger charge is -2.26. The van der Waals surface area contributed by atoms with Crippen molar-refractivity contribution in [1.29, 1.82) is 0 Å². The molecular formula is C23H33IN4O2. The zero-order valence-corrected chi connectivity index (χ0v) is 20.6. The number of methoxy groups -OCH3 is 1. The molecule has 0 spiro atoms. The topological polar surface area (TPSA) is 58.1 Å². The Balaban J connectivity index is 0.00000320. The van der Waals surface area contributed by atoms with E-state index in [1.807, 2.05) is 12.1 Å². The van der Waals surface area contributed by atoms with E-state index >= 15 is 0 Å².